The Morgan fingerprint density at radius 3 is 2.41 bits per heavy atom. The third-order valence-electron chi connectivity index (χ3n) is 5.27. The number of nitriles is 1. The van der Waals surface area contributed by atoms with Crippen LogP contribution in [0.1, 0.15) is 23.6 Å². The molecule has 5 nitrogen and oxygen atoms in total. The number of piperazine rings is 1. The molecule has 2 aromatic rings. The molecule has 0 aliphatic carbocycles. The van der Waals surface area contributed by atoms with Crippen molar-refractivity contribution in [1.29, 1.82) is 5.26 Å². The lowest BCUT2D eigenvalue weighted by molar-refractivity contribution is -0.121. The zero-order valence-corrected chi connectivity index (χ0v) is 16.0. The summed E-state index contributed by atoms with van der Waals surface area (Å²) < 4.78 is 0. The zero-order chi connectivity index (χ0) is 19.2. The normalized spacial score (nSPS) is 16.5. The molecule has 0 bridgehead atoms. The van der Waals surface area contributed by atoms with Gasteiger partial charge in [-0.25, -0.2) is 0 Å². The molecule has 140 valence electrons. The van der Waals surface area contributed by atoms with Crippen LogP contribution in [-0.4, -0.2) is 47.9 Å². The van der Waals surface area contributed by atoms with Crippen molar-refractivity contribution >= 4 is 11.6 Å². The van der Waals surface area contributed by atoms with E-state index in [4.69, 9.17) is 5.26 Å². The van der Waals surface area contributed by atoms with Crippen LogP contribution in [0.2, 0.25) is 0 Å². The average molecular weight is 362 g/mol. The molecule has 2 aromatic carbocycles. The molecule has 1 saturated heterocycles. The lowest BCUT2D eigenvalue weighted by atomic mass is 10.1. The smallest absolute Gasteiger partial charge is 0.241 e. The number of hydrogen-bond donors (Lipinski definition) is 1. The Kier molecular flexibility index (Phi) is 6.23. The van der Waals surface area contributed by atoms with Gasteiger partial charge in [-0.05, 0) is 49.2 Å². The number of rotatable bonds is 5. The van der Waals surface area contributed by atoms with Gasteiger partial charge in [0.1, 0.15) is 0 Å². The van der Waals surface area contributed by atoms with Gasteiger partial charge >= 0.3 is 0 Å². The van der Waals surface area contributed by atoms with E-state index >= 15 is 0 Å². The fraction of sp³-hybridized carbons (Fsp3) is 0.364. The van der Waals surface area contributed by atoms with Crippen LogP contribution in [0.3, 0.4) is 0 Å². The number of carbonyl (C=O) groups is 1. The first-order valence-corrected chi connectivity index (χ1v) is 9.39. The second-order valence-corrected chi connectivity index (χ2v) is 7.09. The van der Waals surface area contributed by atoms with E-state index in [0.717, 1.165) is 38.4 Å². The average Bonchev–Trinajstić information content (AvgIpc) is 2.70. The van der Waals surface area contributed by atoms with Gasteiger partial charge in [0.15, 0.2) is 0 Å². The maximum Gasteiger partial charge on any atom is 0.241 e. The molecule has 0 spiro atoms. The number of aryl methyl sites for hydroxylation is 1. The van der Waals surface area contributed by atoms with Crippen LogP contribution < -0.4 is 5.32 Å². The third kappa shape index (κ3) is 4.94. The van der Waals surface area contributed by atoms with E-state index in [-0.39, 0.29) is 11.9 Å². The molecule has 1 aliphatic rings. The Balaban J connectivity index is 1.50. The van der Waals surface area contributed by atoms with E-state index in [1.807, 2.05) is 6.92 Å². The fourth-order valence-electron chi connectivity index (χ4n) is 3.38. The van der Waals surface area contributed by atoms with Gasteiger partial charge in [-0.2, -0.15) is 5.26 Å². The van der Waals surface area contributed by atoms with Gasteiger partial charge in [-0.1, -0.05) is 24.3 Å². The van der Waals surface area contributed by atoms with E-state index in [9.17, 15) is 4.79 Å². The van der Waals surface area contributed by atoms with Crippen LogP contribution in [-0.2, 0) is 11.3 Å². The predicted octanol–water partition coefficient (Wildman–Crippen LogP) is 3.01. The maximum atomic E-state index is 12.6. The molecule has 1 heterocycles. The van der Waals surface area contributed by atoms with Crippen LogP contribution >= 0.6 is 0 Å². The van der Waals surface area contributed by atoms with E-state index in [2.05, 4.69) is 52.4 Å². The fourth-order valence-corrected chi connectivity index (χ4v) is 3.38. The number of anilines is 1. The van der Waals surface area contributed by atoms with Crippen molar-refractivity contribution in [2.75, 3.05) is 31.5 Å². The number of amides is 1. The van der Waals surface area contributed by atoms with Gasteiger partial charge in [0.2, 0.25) is 5.91 Å². The third-order valence-corrected chi connectivity index (χ3v) is 5.27. The molecule has 1 atom stereocenters. The highest BCUT2D eigenvalue weighted by Crippen LogP contribution is 2.15. The largest absolute Gasteiger partial charge is 0.325 e. The lowest BCUT2D eigenvalue weighted by Gasteiger charge is -2.37. The molecule has 1 fully saturated rings. The van der Waals surface area contributed by atoms with Crippen molar-refractivity contribution in [3.8, 4) is 6.07 Å². The highest BCUT2D eigenvalue weighted by Gasteiger charge is 2.25. The molecule has 3 rings (SSSR count). The van der Waals surface area contributed by atoms with Crippen LogP contribution in [0.5, 0.6) is 0 Å². The minimum Gasteiger partial charge on any atom is -0.325 e. The summed E-state index contributed by atoms with van der Waals surface area (Å²) in [7, 11) is 0. The molecule has 27 heavy (non-hydrogen) atoms. The number of hydrogen-bond acceptors (Lipinski definition) is 4. The Bertz CT molecular complexity index is 817. The minimum absolute atomic E-state index is 0.00735. The van der Waals surface area contributed by atoms with Crippen LogP contribution in [0.4, 0.5) is 5.69 Å². The van der Waals surface area contributed by atoms with Crippen molar-refractivity contribution in [2.45, 2.75) is 26.4 Å². The second-order valence-electron chi connectivity index (χ2n) is 7.09. The Morgan fingerprint density at radius 1 is 1.11 bits per heavy atom. The standard InChI is InChI=1S/C22H26N4O/c1-17-5-3-4-6-20(17)16-25-11-13-26(14-12-25)18(2)22(27)24-21-9-7-19(15-23)8-10-21/h3-10,18H,11-14,16H2,1-2H3,(H,24,27)/t18-/m1/s1. The lowest BCUT2D eigenvalue weighted by Crippen LogP contribution is -2.52. The first kappa shape index (κ1) is 19.1. The first-order chi connectivity index (χ1) is 13.1. The monoisotopic (exact) mass is 362 g/mol. The molecule has 0 aromatic heterocycles. The second kappa shape index (κ2) is 8.81. The van der Waals surface area contributed by atoms with Gasteiger partial charge in [0.05, 0.1) is 17.7 Å². The SMILES string of the molecule is Cc1ccccc1CN1CCN([C@H](C)C(=O)Nc2ccc(C#N)cc2)CC1. The Labute approximate surface area is 161 Å². The van der Waals surface area contributed by atoms with Crippen molar-refractivity contribution in [3.63, 3.8) is 0 Å². The number of nitrogens with one attached hydrogen (secondary N) is 1. The number of carbonyl (C=O) groups excluding carboxylic acids is 1. The van der Waals surface area contributed by atoms with Crippen LogP contribution in [0.15, 0.2) is 48.5 Å². The van der Waals surface area contributed by atoms with Gasteiger partial charge < -0.3 is 5.32 Å². The Morgan fingerprint density at radius 2 is 1.78 bits per heavy atom. The van der Waals surface area contributed by atoms with Crippen LogP contribution in [0.25, 0.3) is 0 Å². The van der Waals surface area contributed by atoms with E-state index in [0.29, 0.717) is 5.56 Å². The zero-order valence-electron chi connectivity index (χ0n) is 16.0. The summed E-state index contributed by atoms with van der Waals surface area (Å²) >= 11 is 0. The molecular weight excluding hydrogens is 336 g/mol. The summed E-state index contributed by atoms with van der Waals surface area (Å²) in [4.78, 5) is 17.2. The molecule has 0 radical (unpaired) electrons. The summed E-state index contributed by atoms with van der Waals surface area (Å²) in [6, 6.07) is 17.4. The van der Waals surface area contributed by atoms with E-state index < -0.39 is 0 Å². The minimum atomic E-state index is -0.179. The Hall–Kier alpha value is -2.68. The maximum absolute atomic E-state index is 12.6. The molecular formula is C22H26N4O. The van der Waals surface area contributed by atoms with Gasteiger partial charge in [0.25, 0.3) is 0 Å². The van der Waals surface area contributed by atoms with Crippen molar-refractivity contribution in [3.05, 3.63) is 65.2 Å². The van der Waals surface area contributed by atoms with Crippen LogP contribution in [0, 0.1) is 18.3 Å². The molecule has 1 aliphatic heterocycles. The topological polar surface area (TPSA) is 59.4 Å². The summed E-state index contributed by atoms with van der Waals surface area (Å²) in [6.45, 7) is 8.76. The van der Waals surface area contributed by atoms with Crippen molar-refractivity contribution in [2.24, 2.45) is 0 Å². The van der Waals surface area contributed by atoms with E-state index in [1.54, 1.807) is 24.3 Å². The number of benzene rings is 2. The summed E-state index contributed by atoms with van der Waals surface area (Å²) in [6.07, 6.45) is 0. The molecule has 0 unspecified atom stereocenters. The number of nitrogens with zero attached hydrogens (tertiary/aromatic N) is 3. The quantitative estimate of drug-likeness (QED) is 0.888. The van der Waals surface area contributed by atoms with E-state index in [1.165, 1.54) is 11.1 Å². The van der Waals surface area contributed by atoms with Gasteiger partial charge in [-0.15, -0.1) is 0 Å². The summed E-state index contributed by atoms with van der Waals surface area (Å²) in [5, 5.41) is 11.8. The molecule has 5 heteroatoms. The van der Waals surface area contributed by atoms with Crippen molar-refractivity contribution in [1.82, 2.24) is 9.80 Å². The predicted molar refractivity (Wildman–Crippen MR) is 107 cm³/mol. The van der Waals surface area contributed by atoms with Gasteiger partial charge in [-0.3, -0.25) is 14.6 Å². The first-order valence-electron chi connectivity index (χ1n) is 9.39. The summed E-state index contributed by atoms with van der Waals surface area (Å²) in [5.41, 5.74) is 4.02. The highest BCUT2D eigenvalue weighted by molar-refractivity contribution is 5.94. The molecule has 1 N–H and O–H groups in total. The highest BCUT2D eigenvalue weighted by atomic mass is 16.2. The molecule has 0 saturated carbocycles. The summed E-state index contributed by atoms with van der Waals surface area (Å²) in [5.74, 6) is -0.00735. The van der Waals surface area contributed by atoms with Gasteiger partial charge in [0, 0.05) is 38.4 Å². The molecule has 1 amide bonds. The van der Waals surface area contributed by atoms with Crippen molar-refractivity contribution < 1.29 is 4.79 Å².